The van der Waals surface area contributed by atoms with E-state index in [-0.39, 0.29) is 19.0 Å². The first-order chi connectivity index (χ1) is 14.0. The molecule has 2 rings (SSSR count). The van der Waals surface area contributed by atoms with E-state index in [1.165, 1.54) is 20.4 Å². The summed E-state index contributed by atoms with van der Waals surface area (Å²) in [6.45, 7) is -0.530. The van der Waals surface area contributed by atoms with Crippen LogP contribution in [0.15, 0.2) is 53.6 Å². The van der Waals surface area contributed by atoms with E-state index in [0.29, 0.717) is 22.6 Å². The Hall–Kier alpha value is -3.88. The fourth-order valence-corrected chi connectivity index (χ4v) is 2.25. The van der Waals surface area contributed by atoms with Crippen LogP contribution in [0.25, 0.3) is 0 Å². The summed E-state index contributed by atoms with van der Waals surface area (Å²) in [7, 11) is 3.05. The van der Waals surface area contributed by atoms with Gasteiger partial charge in [0.1, 0.15) is 11.5 Å². The number of rotatable bonds is 9. The molecule has 0 radical (unpaired) electrons. The van der Waals surface area contributed by atoms with Crippen LogP contribution in [0.4, 0.5) is 0 Å². The van der Waals surface area contributed by atoms with Crippen molar-refractivity contribution >= 4 is 23.9 Å². The smallest absolute Gasteiger partial charge is 0.259 e. The molecule has 0 fully saturated rings. The summed E-state index contributed by atoms with van der Waals surface area (Å²) >= 11 is 0. The standard InChI is InChI=1S/C20H22N4O5/c1-28-16-8-9-17(29-2)15(10-16)11-23-24-19(26)13-21-18(25)12-22-20(27)14-6-4-3-5-7-14/h3-11H,12-13H2,1-2H3,(H,21,25)(H,22,27)(H,24,26)/b23-11+. The fraction of sp³-hybridized carbons (Fsp3) is 0.200. The molecule has 152 valence electrons. The molecule has 0 atom stereocenters. The summed E-state index contributed by atoms with van der Waals surface area (Å²) < 4.78 is 10.3. The fourth-order valence-electron chi connectivity index (χ4n) is 2.25. The van der Waals surface area contributed by atoms with Gasteiger partial charge in [0.2, 0.25) is 5.91 Å². The average Bonchev–Trinajstić information content (AvgIpc) is 2.76. The highest BCUT2D eigenvalue weighted by molar-refractivity contribution is 5.96. The number of carbonyl (C=O) groups is 3. The molecule has 0 aliphatic rings. The summed E-state index contributed by atoms with van der Waals surface area (Å²) in [5.74, 6) is -0.217. The van der Waals surface area contributed by atoms with E-state index in [9.17, 15) is 14.4 Å². The lowest BCUT2D eigenvalue weighted by Crippen LogP contribution is -2.41. The third-order valence-corrected chi connectivity index (χ3v) is 3.72. The number of ether oxygens (including phenoxy) is 2. The Morgan fingerprint density at radius 1 is 0.931 bits per heavy atom. The van der Waals surface area contributed by atoms with Gasteiger partial charge in [-0.1, -0.05) is 18.2 Å². The lowest BCUT2D eigenvalue weighted by molar-refractivity contribution is -0.125. The lowest BCUT2D eigenvalue weighted by Gasteiger charge is -2.07. The Morgan fingerprint density at radius 3 is 2.34 bits per heavy atom. The van der Waals surface area contributed by atoms with Crippen LogP contribution < -0.4 is 25.5 Å². The zero-order chi connectivity index (χ0) is 21.1. The summed E-state index contributed by atoms with van der Waals surface area (Å²) in [4.78, 5) is 35.4. The highest BCUT2D eigenvalue weighted by Gasteiger charge is 2.09. The predicted molar refractivity (Wildman–Crippen MR) is 107 cm³/mol. The molecular weight excluding hydrogens is 376 g/mol. The van der Waals surface area contributed by atoms with E-state index >= 15 is 0 Å². The topological polar surface area (TPSA) is 118 Å². The number of nitrogens with one attached hydrogen (secondary N) is 3. The molecule has 9 heteroatoms. The van der Waals surface area contributed by atoms with Crippen LogP contribution in [-0.4, -0.2) is 51.2 Å². The van der Waals surface area contributed by atoms with E-state index in [4.69, 9.17) is 9.47 Å². The minimum absolute atomic E-state index is 0.245. The van der Waals surface area contributed by atoms with Crippen molar-refractivity contribution in [2.75, 3.05) is 27.3 Å². The second-order valence-corrected chi connectivity index (χ2v) is 5.73. The predicted octanol–water partition coefficient (Wildman–Crippen LogP) is 0.700. The molecule has 3 N–H and O–H groups in total. The van der Waals surface area contributed by atoms with Gasteiger partial charge in [-0.05, 0) is 30.3 Å². The maximum Gasteiger partial charge on any atom is 0.259 e. The lowest BCUT2D eigenvalue weighted by atomic mass is 10.2. The van der Waals surface area contributed by atoms with Gasteiger partial charge in [-0.2, -0.15) is 5.10 Å². The van der Waals surface area contributed by atoms with Crippen LogP contribution in [0, 0.1) is 0 Å². The average molecular weight is 398 g/mol. The largest absolute Gasteiger partial charge is 0.497 e. The van der Waals surface area contributed by atoms with Crippen molar-refractivity contribution in [1.82, 2.24) is 16.1 Å². The molecule has 0 saturated carbocycles. The second kappa shape index (κ2) is 11.1. The monoisotopic (exact) mass is 398 g/mol. The normalized spacial score (nSPS) is 10.3. The molecule has 3 amide bonds. The van der Waals surface area contributed by atoms with Gasteiger partial charge in [0, 0.05) is 11.1 Å². The van der Waals surface area contributed by atoms with Crippen LogP contribution in [0.2, 0.25) is 0 Å². The second-order valence-electron chi connectivity index (χ2n) is 5.73. The molecule has 2 aromatic rings. The van der Waals surface area contributed by atoms with Gasteiger partial charge in [-0.15, -0.1) is 0 Å². The zero-order valence-electron chi connectivity index (χ0n) is 16.1. The maximum absolute atomic E-state index is 11.9. The summed E-state index contributed by atoms with van der Waals surface area (Å²) in [6, 6.07) is 13.7. The summed E-state index contributed by atoms with van der Waals surface area (Å²) in [5, 5.41) is 8.70. The van der Waals surface area contributed by atoms with E-state index in [2.05, 4.69) is 21.2 Å². The van der Waals surface area contributed by atoms with E-state index in [1.54, 1.807) is 48.5 Å². The van der Waals surface area contributed by atoms with Crippen LogP contribution >= 0.6 is 0 Å². The highest BCUT2D eigenvalue weighted by Crippen LogP contribution is 2.22. The first-order valence-corrected chi connectivity index (χ1v) is 8.67. The van der Waals surface area contributed by atoms with Crippen LogP contribution in [0.3, 0.4) is 0 Å². The number of nitrogens with zero attached hydrogens (tertiary/aromatic N) is 1. The maximum atomic E-state index is 11.9. The first-order valence-electron chi connectivity index (χ1n) is 8.67. The minimum atomic E-state index is -0.522. The molecule has 0 aliphatic carbocycles. The van der Waals surface area contributed by atoms with Gasteiger partial charge >= 0.3 is 0 Å². The third kappa shape index (κ3) is 6.98. The molecule has 0 heterocycles. The first kappa shape index (κ1) is 21.4. The van der Waals surface area contributed by atoms with Gasteiger partial charge < -0.3 is 20.1 Å². The van der Waals surface area contributed by atoms with Gasteiger partial charge in [0.25, 0.3) is 11.8 Å². The number of amides is 3. The quantitative estimate of drug-likeness (QED) is 0.425. The Kier molecular flexibility index (Phi) is 8.18. The van der Waals surface area contributed by atoms with Crippen LogP contribution in [-0.2, 0) is 9.59 Å². The number of benzene rings is 2. The van der Waals surface area contributed by atoms with Crippen LogP contribution in [0.1, 0.15) is 15.9 Å². The Balaban J connectivity index is 1.75. The molecular formula is C20H22N4O5. The number of hydrazone groups is 1. The number of hydrogen-bond acceptors (Lipinski definition) is 6. The van der Waals surface area contributed by atoms with Crippen molar-refractivity contribution in [3.05, 3.63) is 59.7 Å². The van der Waals surface area contributed by atoms with Crippen molar-refractivity contribution in [2.45, 2.75) is 0 Å². The molecule has 0 spiro atoms. The number of carbonyl (C=O) groups excluding carboxylic acids is 3. The van der Waals surface area contributed by atoms with Crippen molar-refractivity contribution in [1.29, 1.82) is 0 Å². The molecule has 9 nitrogen and oxygen atoms in total. The SMILES string of the molecule is COc1ccc(OC)c(/C=N/NC(=O)CNC(=O)CNC(=O)c2ccccc2)c1. The zero-order valence-corrected chi connectivity index (χ0v) is 16.1. The van der Waals surface area contributed by atoms with Gasteiger partial charge in [-0.25, -0.2) is 5.43 Å². The third-order valence-electron chi connectivity index (χ3n) is 3.72. The minimum Gasteiger partial charge on any atom is -0.497 e. The number of hydrogen-bond donors (Lipinski definition) is 3. The molecule has 2 aromatic carbocycles. The molecule has 29 heavy (non-hydrogen) atoms. The van der Waals surface area contributed by atoms with Gasteiger partial charge in [0.05, 0.1) is 33.5 Å². The molecule has 0 aromatic heterocycles. The number of methoxy groups -OCH3 is 2. The van der Waals surface area contributed by atoms with Gasteiger partial charge in [0.15, 0.2) is 0 Å². The Labute approximate surface area is 168 Å². The Morgan fingerprint density at radius 2 is 1.66 bits per heavy atom. The van der Waals surface area contributed by atoms with Crippen molar-refractivity contribution in [2.24, 2.45) is 5.10 Å². The van der Waals surface area contributed by atoms with Crippen LogP contribution in [0.5, 0.6) is 11.5 Å². The molecule has 0 bridgehead atoms. The van der Waals surface area contributed by atoms with Crippen molar-refractivity contribution in [3.8, 4) is 11.5 Å². The van der Waals surface area contributed by atoms with E-state index in [1.807, 2.05) is 0 Å². The van der Waals surface area contributed by atoms with E-state index < -0.39 is 11.8 Å². The highest BCUT2D eigenvalue weighted by atomic mass is 16.5. The van der Waals surface area contributed by atoms with Crippen molar-refractivity contribution in [3.63, 3.8) is 0 Å². The van der Waals surface area contributed by atoms with Gasteiger partial charge in [-0.3, -0.25) is 14.4 Å². The summed E-state index contributed by atoms with van der Waals surface area (Å²) in [5.41, 5.74) is 3.35. The van der Waals surface area contributed by atoms with E-state index in [0.717, 1.165) is 0 Å². The Bertz CT molecular complexity index is 884. The summed E-state index contributed by atoms with van der Waals surface area (Å²) in [6.07, 6.45) is 1.40. The molecule has 0 aliphatic heterocycles. The molecule has 0 saturated heterocycles. The van der Waals surface area contributed by atoms with Crippen molar-refractivity contribution < 1.29 is 23.9 Å². The molecule has 0 unspecified atom stereocenters.